The van der Waals surface area contributed by atoms with Crippen LogP contribution in [0.25, 0.3) is 0 Å². The molecule has 0 radical (unpaired) electrons. The molecule has 0 aliphatic heterocycles. The highest BCUT2D eigenvalue weighted by Gasteiger charge is 2.10. The molecule has 0 aromatic heterocycles. The van der Waals surface area contributed by atoms with Gasteiger partial charge in [0.25, 0.3) is 0 Å². The standard InChI is InChI=1S/C24H25NO3S/c1-3-27-23-15-20(11-14-22(23)28-17-19-7-5-4-6-8-19)24(29)25-16-18-9-12-21(26-2)13-10-18/h4-15H,3,16-17H2,1-2H3,(H,25,29). The molecule has 29 heavy (non-hydrogen) atoms. The fraction of sp³-hybridized carbons (Fsp3) is 0.208. The molecule has 3 aromatic rings. The average molecular weight is 408 g/mol. The van der Waals surface area contributed by atoms with Crippen LogP contribution in [0.4, 0.5) is 0 Å². The zero-order chi connectivity index (χ0) is 20.5. The van der Waals surface area contributed by atoms with Crippen molar-refractivity contribution < 1.29 is 14.2 Å². The molecule has 0 saturated heterocycles. The SMILES string of the molecule is CCOc1cc(C(=S)NCc2ccc(OC)cc2)ccc1OCc1ccccc1. The van der Waals surface area contributed by atoms with Gasteiger partial charge in [0.15, 0.2) is 11.5 Å². The van der Waals surface area contributed by atoms with Crippen LogP contribution >= 0.6 is 12.2 Å². The average Bonchev–Trinajstić information content (AvgIpc) is 2.78. The Morgan fingerprint density at radius 2 is 1.62 bits per heavy atom. The summed E-state index contributed by atoms with van der Waals surface area (Å²) in [5, 5.41) is 3.29. The maximum Gasteiger partial charge on any atom is 0.161 e. The highest BCUT2D eigenvalue weighted by atomic mass is 32.1. The topological polar surface area (TPSA) is 39.7 Å². The van der Waals surface area contributed by atoms with Crippen LogP contribution in [0.3, 0.4) is 0 Å². The van der Waals surface area contributed by atoms with Crippen LogP contribution in [0, 0.1) is 0 Å². The maximum atomic E-state index is 5.96. The van der Waals surface area contributed by atoms with Crippen molar-refractivity contribution in [3.63, 3.8) is 0 Å². The first-order valence-electron chi connectivity index (χ1n) is 9.54. The Morgan fingerprint density at radius 1 is 0.862 bits per heavy atom. The number of hydrogen-bond acceptors (Lipinski definition) is 4. The third-order valence-electron chi connectivity index (χ3n) is 4.36. The minimum Gasteiger partial charge on any atom is -0.497 e. The molecule has 5 heteroatoms. The second kappa shape index (κ2) is 10.5. The van der Waals surface area contributed by atoms with E-state index < -0.39 is 0 Å². The lowest BCUT2D eigenvalue weighted by Gasteiger charge is -2.15. The van der Waals surface area contributed by atoms with Gasteiger partial charge >= 0.3 is 0 Å². The van der Waals surface area contributed by atoms with Crippen molar-refractivity contribution in [1.29, 1.82) is 0 Å². The number of hydrogen-bond donors (Lipinski definition) is 1. The molecule has 0 amide bonds. The van der Waals surface area contributed by atoms with Gasteiger partial charge in [0.05, 0.1) is 13.7 Å². The van der Waals surface area contributed by atoms with Crippen LogP contribution in [-0.2, 0) is 13.2 Å². The minimum atomic E-state index is 0.487. The summed E-state index contributed by atoms with van der Waals surface area (Å²) in [6, 6.07) is 23.7. The molecule has 0 saturated carbocycles. The van der Waals surface area contributed by atoms with E-state index in [1.165, 1.54) is 0 Å². The van der Waals surface area contributed by atoms with E-state index in [9.17, 15) is 0 Å². The lowest BCUT2D eigenvalue weighted by Crippen LogP contribution is -2.21. The Balaban J connectivity index is 1.65. The molecule has 150 valence electrons. The smallest absolute Gasteiger partial charge is 0.161 e. The van der Waals surface area contributed by atoms with Gasteiger partial charge in [-0.2, -0.15) is 0 Å². The summed E-state index contributed by atoms with van der Waals surface area (Å²) in [6.07, 6.45) is 0. The van der Waals surface area contributed by atoms with Gasteiger partial charge in [0, 0.05) is 12.1 Å². The number of ether oxygens (including phenoxy) is 3. The highest BCUT2D eigenvalue weighted by Crippen LogP contribution is 2.29. The first-order valence-corrected chi connectivity index (χ1v) is 9.95. The quantitative estimate of drug-likeness (QED) is 0.498. The van der Waals surface area contributed by atoms with Gasteiger partial charge in [-0.3, -0.25) is 0 Å². The number of methoxy groups -OCH3 is 1. The van der Waals surface area contributed by atoms with Crippen molar-refractivity contribution in [2.24, 2.45) is 0 Å². The Morgan fingerprint density at radius 3 is 2.31 bits per heavy atom. The van der Waals surface area contributed by atoms with E-state index >= 15 is 0 Å². The summed E-state index contributed by atoms with van der Waals surface area (Å²) in [6.45, 7) is 3.63. The van der Waals surface area contributed by atoms with E-state index in [0.29, 0.717) is 36.2 Å². The van der Waals surface area contributed by atoms with Gasteiger partial charge in [0.1, 0.15) is 17.3 Å². The largest absolute Gasteiger partial charge is 0.497 e. The van der Waals surface area contributed by atoms with Crippen molar-refractivity contribution in [3.8, 4) is 17.2 Å². The van der Waals surface area contributed by atoms with Gasteiger partial charge in [-0.25, -0.2) is 0 Å². The summed E-state index contributed by atoms with van der Waals surface area (Å²) in [5.41, 5.74) is 3.13. The van der Waals surface area contributed by atoms with E-state index in [0.717, 1.165) is 22.4 Å². The molecular weight excluding hydrogens is 382 g/mol. The normalized spacial score (nSPS) is 10.3. The van der Waals surface area contributed by atoms with Crippen molar-refractivity contribution in [3.05, 3.63) is 89.5 Å². The second-order valence-corrected chi connectivity index (χ2v) is 6.81. The van der Waals surface area contributed by atoms with Crippen LogP contribution in [-0.4, -0.2) is 18.7 Å². The molecule has 0 bridgehead atoms. The van der Waals surface area contributed by atoms with E-state index in [2.05, 4.69) is 5.32 Å². The molecule has 0 aliphatic carbocycles. The maximum absolute atomic E-state index is 5.96. The van der Waals surface area contributed by atoms with Crippen LogP contribution in [0.5, 0.6) is 17.2 Å². The molecule has 3 aromatic carbocycles. The second-order valence-electron chi connectivity index (χ2n) is 6.40. The number of nitrogens with one attached hydrogen (secondary N) is 1. The molecule has 0 spiro atoms. The van der Waals surface area contributed by atoms with Crippen molar-refractivity contribution in [1.82, 2.24) is 5.32 Å². The Hall–Kier alpha value is -3.05. The molecule has 1 N–H and O–H groups in total. The van der Waals surface area contributed by atoms with Crippen LogP contribution in [0.15, 0.2) is 72.8 Å². The zero-order valence-corrected chi connectivity index (χ0v) is 17.5. The molecule has 0 fully saturated rings. The third-order valence-corrected chi connectivity index (χ3v) is 4.74. The summed E-state index contributed by atoms with van der Waals surface area (Å²) < 4.78 is 16.9. The summed E-state index contributed by atoms with van der Waals surface area (Å²) in [4.78, 5) is 0.663. The highest BCUT2D eigenvalue weighted by molar-refractivity contribution is 7.80. The van der Waals surface area contributed by atoms with E-state index in [1.807, 2.05) is 79.7 Å². The van der Waals surface area contributed by atoms with Crippen LogP contribution in [0.1, 0.15) is 23.6 Å². The van der Waals surface area contributed by atoms with Gasteiger partial charge in [-0.05, 0) is 48.4 Å². The minimum absolute atomic E-state index is 0.487. The van der Waals surface area contributed by atoms with Gasteiger partial charge in [-0.1, -0.05) is 54.7 Å². The molecule has 0 atom stereocenters. The molecule has 0 heterocycles. The lowest BCUT2D eigenvalue weighted by molar-refractivity contribution is 0.269. The summed E-state index contributed by atoms with van der Waals surface area (Å²) in [7, 11) is 1.66. The summed E-state index contributed by atoms with van der Waals surface area (Å²) >= 11 is 5.56. The lowest BCUT2D eigenvalue weighted by atomic mass is 10.1. The fourth-order valence-corrected chi connectivity index (χ4v) is 3.00. The van der Waals surface area contributed by atoms with Gasteiger partial charge in [0.2, 0.25) is 0 Å². The summed E-state index contributed by atoms with van der Waals surface area (Å²) in [5.74, 6) is 2.23. The van der Waals surface area contributed by atoms with Crippen molar-refractivity contribution in [2.75, 3.05) is 13.7 Å². The van der Waals surface area contributed by atoms with Gasteiger partial charge in [-0.15, -0.1) is 0 Å². The molecule has 4 nitrogen and oxygen atoms in total. The Bertz CT molecular complexity index is 927. The third kappa shape index (κ3) is 5.96. The predicted molar refractivity (Wildman–Crippen MR) is 120 cm³/mol. The van der Waals surface area contributed by atoms with E-state index in [-0.39, 0.29) is 0 Å². The number of benzene rings is 3. The number of thiocarbonyl (C=S) groups is 1. The predicted octanol–water partition coefficient (Wildman–Crippen LogP) is 5.14. The number of rotatable bonds is 9. The van der Waals surface area contributed by atoms with Crippen molar-refractivity contribution in [2.45, 2.75) is 20.1 Å². The van der Waals surface area contributed by atoms with Gasteiger partial charge < -0.3 is 19.5 Å². The Kier molecular flexibility index (Phi) is 7.47. The molecule has 3 rings (SSSR count). The van der Waals surface area contributed by atoms with E-state index in [4.69, 9.17) is 26.4 Å². The zero-order valence-electron chi connectivity index (χ0n) is 16.7. The fourth-order valence-electron chi connectivity index (χ4n) is 2.80. The van der Waals surface area contributed by atoms with Crippen LogP contribution < -0.4 is 19.5 Å². The Labute approximate surface area is 177 Å². The monoisotopic (exact) mass is 407 g/mol. The van der Waals surface area contributed by atoms with Crippen molar-refractivity contribution >= 4 is 17.2 Å². The first-order chi connectivity index (χ1) is 14.2. The first kappa shape index (κ1) is 20.7. The van der Waals surface area contributed by atoms with E-state index in [1.54, 1.807) is 7.11 Å². The molecule has 0 aliphatic rings. The molecule has 0 unspecified atom stereocenters. The van der Waals surface area contributed by atoms with Crippen LogP contribution in [0.2, 0.25) is 0 Å². The molecular formula is C24H25NO3S.